The molecule has 0 aliphatic heterocycles. The summed E-state index contributed by atoms with van der Waals surface area (Å²) in [4.78, 5) is 148. The molecule has 0 unspecified atom stereocenters. The first kappa shape index (κ1) is 114. The summed E-state index contributed by atoms with van der Waals surface area (Å²) in [6.07, 6.45) is 4.12. The van der Waals surface area contributed by atoms with Gasteiger partial charge in [0, 0.05) is 75.0 Å². The zero-order valence-electron chi connectivity index (χ0n) is 90.1. The number of fused-ring (bicyclic) bond motifs is 5. The van der Waals surface area contributed by atoms with Crippen LogP contribution in [0.25, 0.3) is 54.8 Å². The molecule has 9 aromatic carbocycles. The van der Waals surface area contributed by atoms with Gasteiger partial charge in [-0.05, 0) is 201 Å². The molecule has 0 atom stereocenters. The lowest BCUT2D eigenvalue weighted by atomic mass is 9.79. The highest BCUT2D eigenvalue weighted by Crippen LogP contribution is 2.42. The van der Waals surface area contributed by atoms with Crippen molar-refractivity contribution in [2.75, 3.05) is 12.5 Å². The lowest BCUT2D eigenvalue weighted by molar-refractivity contribution is -0.143. The summed E-state index contributed by atoms with van der Waals surface area (Å²) in [7, 11) is 0. The molecule has 0 bridgehead atoms. The van der Waals surface area contributed by atoms with Gasteiger partial charge in [0.1, 0.15) is 28.2 Å². The van der Waals surface area contributed by atoms with Crippen LogP contribution in [0.1, 0.15) is 318 Å². The molecule has 14 aromatic rings. The smallest absolute Gasteiger partial charge is 0.365 e. The lowest BCUT2D eigenvalue weighted by Gasteiger charge is -2.26. The molecule has 0 aliphatic rings. The minimum atomic E-state index is -0.588. The zero-order valence-corrected chi connectivity index (χ0v) is 91.8. The SMILES string of the molecule is C/C(=N\OC(=O)c1ccccc1)c1cc2cc(C(C)(C)C)cc(C(C)(C)C)c2oc1=O.CC(=O)O/N=C(\c1ccccc1)c1cc2cc(C(C)(C)C)cc(C(C)(C)C)c2oc1=O.CCC(=O)O/N=C(\C)c1cc2cc(C(C)(C)C)cc(C(C)(C)C)c2oc1=O.CSc1cc(C(C)(C)C)cc2cc(/C(=N/OC(C)=O)c3ccccc3)c(=O)oc12.CSc1cc(C(C)(C)C)cc2cc(/C(C)=N/OC(=O)c3ccccc3)c(=O)oc12. The topological polar surface area (TPSA) is 344 Å². The Morgan fingerprint density at radius 3 is 0.728 bits per heavy atom. The van der Waals surface area contributed by atoms with Crippen LogP contribution in [0.15, 0.2) is 294 Å². The van der Waals surface area contributed by atoms with E-state index in [4.69, 9.17) is 46.3 Å². The average molecular weight is 2030 g/mol. The van der Waals surface area contributed by atoms with E-state index in [1.807, 2.05) is 85.3 Å². The molecule has 5 heterocycles. The summed E-state index contributed by atoms with van der Waals surface area (Å²) in [6.45, 7) is 60.1. The predicted molar refractivity (Wildman–Crippen MR) is 590 cm³/mol. The highest BCUT2D eigenvalue weighted by molar-refractivity contribution is 7.99. The Bertz CT molecular complexity index is 7780. The minimum Gasteiger partial charge on any atom is -0.422 e. The van der Waals surface area contributed by atoms with Crippen LogP contribution in [0.4, 0.5) is 0 Å². The van der Waals surface area contributed by atoms with Crippen LogP contribution in [-0.2, 0) is 81.9 Å². The summed E-state index contributed by atoms with van der Waals surface area (Å²) in [5.74, 6) is -2.76. The van der Waals surface area contributed by atoms with E-state index in [1.54, 1.807) is 137 Å². The summed E-state index contributed by atoms with van der Waals surface area (Å²) in [5.41, 5.74) is 12.7. The molecule has 0 saturated carbocycles. The van der Waals surface area contributed by atoms with Crippen molar-refractivity contribution in [1.29, 1.82) is 0 Å². The van der Waals surface area contributed by atoms with E-state index in [-0.39, 0.29) is 100 Å². The van der Waals surface area contributed by atoms with Gasteiger partial charge in [-0.3, -0.25) is 0 Å². The van der Waals surface area contributed by atoms with Gasteiger partial charge in [-0.1, -0.05) is 314 Å². The molecule has 0 amide bonds. The molecule has 0 saturated heterocycles. The molecule has 0 spiro atoms. The van der Waals surface area contributed by atoms with Gasteiger partial charge in [0.05, 0.1) is 65.9 Å². The highest BCUT2D eigenvalue weighted by Gasteiger charge is 2.32. The quantitative estimate of drug-likeness (QED) is 0.0269. The molecule has 147 heavy (non-hydrogen) atoms. The summed E-state index contributed by atoms with van der Waals surface area (Å²) in [6, 6.07) is 64.8. The van der Waals surface area contributed by atoms with Crippen molar-refractivity contribution in [3.8, 4) is 0 Å². The Morgan fingerprint density at radius 2 is 0.490 bits per heavy atom. The molecule has 0 radical (unpaired) electrons. The maximum Gasteiger partial charge on any atom is 0.365 e. The fraction of sp³-hybridized carbons (Fsp3) is 0.342. The number of rotatable bonds is 17. The Hall–Kier alpha value is -14.6. The third-order valence-electron chi connectivity index (χ3n) is 23.7. The molecule has 5 aromatic heterocycles. The third kappa shape index (κ3) is 29.7. The van der Waals surface area contributed by atoms with E-state index >= 15 is 0 Å². The first-order valence-electron chi connectivity index (χ1n) is 48.2. The van der Waals surface area contributed by atoms with Crippen LogP contribution in [0.2, 0.25) is 0 Å². The van der Waals surface area contributed by atoms with Crippen molar-refractivity contribution < 1.29 is 70.2 Å². The lowest BCUT2D eigenvalue weighted by Crippen LogP contribution is -2.20. The number of benzene rings is 9. The Labute approximate surface area is 866 Å². The molecule has 0 aliphatic carbocycles. The number of carbonyl (C=O) groups excluding carboxylic acids is 5. The van der Waals surface area contributed by atoms with Crippen LogP contribution in [0, 0.1) is 0 Å². The first-order valence-corrected chi connectivity index (χ1v) is 50.7. The van der Waals surface area contributed by atoms with E-state index < -0.39 is 58.0 Å². The number of thioether (sulfide) groups is 2. The van der Waals surface area contributed by atoms with Gasteiger partial charge in [0.15, 0.2) is 11.2 Å². The van der Waals surface area contributed by atoms with Gasteiger partial charge in [-0.2, -0.15) is 0 Å². The Morgan fingerprint density at radius 1 is 0.265 bits per heavy atom. The van der Waals surface area contributed by atoms with Crippen LogP contribution < -0.4 is 28.1 Å². The monoisotopic (exact) mass is 2030 g/mol. The predicted octanol–water partition coefficient (Wildman–Crippen LogP) is 27.3. The second kappa shape index (κ2) is 46.9. The summed E-state index contributed by atoms with van der Waals surface area (Å²) < 4.78 is 28.6. The summed E-state index contributed by atoms with van der Waals surface area (Å²) >= 11 is 3.06. The number of nitrogens with zero attached hydrogens (tertiary/aromatic N) is 5. The highest BCUT2D eigenvalue weighted by atomic mass is 32.2. The van der Waals surface area contributed by atoms with E-state index in [0.29, 0.717) is 55.9 Å². The number of carbonyl (C=O) groups is 5. The third-order valence-corrected chi connectivity index (χ3v) is 25.2. The number of oxime groups is 5. The van der Waals surface area contributed by atoms with Crippen molar-refractivity contribution in [3.05, 3.63) is 359 Å². The Balaban J connectivity index is 0.000000188. The molecule has 25 nitrogen and oxygen atoms in total. The first-order chi connectivity index (χ1) is 68.5. The normalized spacial score (nSPS) is 12.6. The van der Waals surface area contributed by atoms with E-state index in [2.05, 4.69) is 222 Å². The fourth-order valence-corrected chi connectivity index (χ4v) is 16.2. The standard InChI is InChI=1S/2C26H29NO4.2C23H23NO4S.C22H29NO4/c1-16(28)31-27-22(17-11-9-8-10-12-17)20-14-18-13-19(25(2,3)4)15-21(26(5,6)7)23(18)30-24(20)29;1-16(27-31-23(28)17-11-9-8-10-12-17)20-14-18-13-19(25(2,3)4)15-21(26(5,6)7)22(18)30-24(20)29;1-14(25)28-24-20(15-9-7-6-8-10-15)18-12-16-11-17(23(2,3)4)13-19(29-5)21(16)27-22(18)26;1-14(24-28-21(25)15-9-7-6-8-10-15)18-12-16-11-17(23(2,3)4)13-19(29-5)20(16)27-22(18)26;1-9-18(24)27-23-13(2)16-11-14-10-15(21(3,4)5)12-17(22(6,7)8)19(14)26-20(16)25/h2*8-15H,1-7H3;2*6-13H,1-5H3;10-12H,9H2,1-8H3/b27-22+;27-16+;24-20+;24-14+;23-13+. The van der Waals surface area contributed by atoms with Crippen LogP contribution in [-0.4, -0.2) is 70.9 Å². The Kier molecular flexibility index (Phi) is 36.5. The van der Waals surface area contributed by atoms with Gasteiger partial charge < -0.3 is 46.3 Å². The summed E-state index contributed by atoms with van der Waals surface area (Å²) in [5, 5.41) is 23.5. The van der Waals surface area contributed by atoms with Crippen molar-refractivity contribution in [2.45, 2.75) is 267 Å². The molecule has 27 heteroatoms. The van der Waals surface area contributed by atoms with Crippen LogP contribution in [0.5, 0.6) is 0 Å². The van der Waals surface area contributed by atoms with Gasteiger partial charge >= 0.3 is 58.0 Å². The number of hydrogen-bond acceptors (Lipinski definition) is 27. The molecule has 14 rings (SSSR count). The largest absolute Gasteiger partial charge is 0.422 e. The van der Waals surface area contributed by atoms with E-state index in [0.717, 1.165) is 81.2 Å². The minimum absolute atomic E-state index is 0.0513. The van der Waals surface area contributed by atoms with E-state index in [1.165, 1.54) is 37.4 Å². The van der Waals surface area contributed by atoms with Crippen molar-refractivity contribution >= 4 is 137 Å². The maximum absolute atomic E-state index is 13.1. The van der Waals surface area contributed by atoms with Gasteiger partial charge in [0.25, 0.3) is 0 Å². The molecule has 0 fully saturated rings. The average Bonchev–Trinajstić information content (AvgIpc) is 0.758. The second-order valence-corrected chi connectivity index (χ2v) is 45.6. The van der Waals surface area contributed by atoms with Gasteiger partial charge in [-0.25, -0.2) is 47.9 Å². The maximum atomic E-state index is 13.1. The number of hydrogen-bond donors (Lipinski definition) is 0. The molecule has 0 N–H and O–H groups in total. The fourth-order valence-electron chi connectivity index (χ4n) is 15.1. The van der Waals surface area contributed by atoms with Crippen molar-refractivity contribution in [3.63, 3.8) is 0 Å². The van der Waals surface area contributed by atoms with Gasteiger partial charge in [-0.15, -0.1) is 23.5 Å². The zero-order chi connectivity index (χ0) is 109. The van der Waals surface area contributed by atoms with Crippen molar-refractivity contribution in [1.82, 2.24) is 0 Å². The molecular formula is C120H133N5O20S2. The van der Waals surface area contributed by atoms with Crippen molar-refractivity contribution in [2.24, 2.45) is 25.8 Å². The molecular weight excluding hydrogens is 1900 g/mol. The molecule has 770 valence electrons. The van der Waals surface area contributed by atoms with E-state index in [9.17, 15) is 47.9 Å². The van der Waals surface area contributed by atoms with Gasteiger partial charge in [0.2, 0.25) is 0 Å². The van der Waals surface area contributed by atoms with Crippen LogP contribution >= 0.6 is 23.5 Å². The van der Waals surface area contributed by atoms with Crippen LogP contribution in [0.3, 0.4) is 0 Å². The second-order valence-electron chi connectivity index (χ2n) is 43.9.